The van der Waals surface area contributed by atoms with Crippen molar-refractivity contribution in [3.05, 3.63) is 58.1 Å². The smallest absolute Gasteiger partial charge is 0.131 e. The zero-order chi connectivity index (χ0) is 11.8. The van der Waals surface area contributed by atoms with Gasteiger partial charge in [0.25, 0.3) is 0 Å². The van der Waals surface area contributed by atoms with E-state index in [0.717, 1.165) is 21.9 Å². The number of halogens is 1. The second kappa shape index (κ2) is 4.31. The molecule has 0 N–H and O–H groups in total. The summed E-state index contributed by atoms with van der Waals surface area (Å²) in [6.07, 6.45) is 1.03. The van der Waals surface area contributed by atoms with Crippen molar-refractivity contribution in [1.82, 2.24) is 0 Å². The van der Waals surface area contributed by atoms with Gasteiger partial charge in [0.1, 0.15) is 6.29 Å². The second-order valence-corrected chi connectivity index (χ2v) is 5.94. The Morgan fingerprint density at radius 2 is 1.82 bits per heavy atom. The monoisotopic (exact) mass is 304 g/mol. The molecule has 0 aromatic heterocycles. The minimum atomic E-state index is -0.139. The first-order valence-corrected chi connectivity index (χ1v) is 6.92. The van der Waals surface area contributed by atoms with Crippen molar-refractivity contribution in [3.63, 3.8) is 0 Å². The van der Waals surface area contributed by atoms with Crippen LogP contribution in [0.2, 0.25) is 0 Å². The summed E-state index contributed by atoms with van der Waals surface area (Å²) < 4.78 is 1.02. The van der Waals surface area contributed by atoms with Gasteiger partial charge in [-0.1, -0.05) is 45.9 Å². The van der Waals surface area contributed by atoms with E-state index in [1.807, 2.05) is 30.3 Å². The van der Waals surface area contributed by atoms with Gasteiger partial charge in [-0.3, -0.25) is 0 Å². The normalized spacial score (nSPS) is 17.1. The van der Waals surface area contributed by atoms with Crippen LogP contribution in [-0.4, -0.2) is 6.29 Å². The first-order valence-electron chi connectivity index (χ1n) is 5.31. The van der Waals surface area contributed by atoms with Crippen molar-refractivity contribution < 1.29 is 4.79 Å². The van der Waals surface area contributed by atoms with Crippen molar-refractivity contribution >= 4 is 34.0 Å². The van der Waals surface area contributed by atoms with Crippen LogP contribution in [-0.2, 0) is 4.79 Å². The SMILES string of the molecule is O=CC1c2ccccc2Sc2ccc(Br)cc21. The predicted molar refractivity (Wildman–Crippen MR) is 72.6 cm³/mol. The molecule has 1 unspecified atom stereocenters. The molecule has 2 aromatic carbocycles. The largest absolute Gasteiger partial charge is 0.302 e. The average Bonchev–Trinajstić information content (AvgIpc) is 2.36. The molecule has 0 amide bonds. The number of carbonyl (C=O) groups excluding carboxylic acids is 1. The standard InChI is InChI=1S/C14H9BrOS/c15-9-5-6-14-11(7-9)12(8-16)10-3-1-2-4-13(10)17-14/h1-8,12H. The Kier molecular flexibility index (Phi) is 2.81. The number of hydrogen-bond donors (Lipinski definition) is 0. The fraction of sp³-hybridized carbons (Fsp3) is 0.0714. The fourth-order valence-electron chi connectivity index (χ4n) is 2.12. The minimum absolute atomic E-state index is 0.139. The van der Waals surface area contributed by atoms with Gasteiger partial charge < -0.3 is 4.79 Å². The highest BCUT2D eigenvalue weighted by Gasteiger charge is 2.25. The summed E-state index contributed by atoms with van der Waals surface area (Å²) in [4.78, 5) is 13.7. The maximum Gasteiger partial charge on any atom is 0.131 e. The number of rotatable bonds is 1. The first kappa shape index (κ1) is 11.1. The molecule has 1 aliphatic rings. The highest BCUT2D eigenvalue weighted by Crippen LogP contribution is 2.45. The molecule has 3 rings (SSSR count). The van der Waals surface area contributed by atoms with Gasteiger partial charge in [-0.25, -0.2) is 0 Å². The molecule has 1 nitrogen and oxygen atoms in total. The third kappa shape index (κ3) is 1.83. The van der Waals surface area contributed by atoms with E-state index >= 15 is 0 Å². The third-order valence-electron chi connectivity index (χ3n) is 2.92. The van der Waals surface area contributed by atoms with Gasteiger partial charge in [0.2, 0.25) is 0 Å². The van der Waals surface area contributed by atoms with Crippen LogP contribution in [0.4, 0.5) is 0 Å². The molecule has 0 fully saturated rings. The van der Waals surface area contributed by atoms with Gasteiger partial charge in [-0.15, -0.1) is 0 Å². The Morgan fingerprint density at radius 3 is 2.65 bits per heavy atom. The second-order valence-electron chi connectivity index (χ2n) is 3.94. The molecule has 1 heterocycles. The number of hydrogen-bond acceptors (Lipinski definition) is 2. The van der Waals surface area contributed by atoms with Crippen LogP contribution < -0.4 is 0 Å². The number of fused-ring (bicyclic) bond motifs is 2. The summed E-state index contributed by atoms with van der Waals surface area (Å²) in [5, 5.41) is 0. The lowest BCUT2D eigenvalue weighted by molar-refractivity contribution is -0.108. The summed E-state index contributed by atoms with van der Waals surface area (Å²) in [7, 11) is 0. The molecule has 0 bridgehead atoms. The van der Waals surface area contributed by atoms with Crippen molar-refractivity contribution in [2.45, 2.75) is 15.7 Å². The predicted octanol–water partition coefficient (Wildman–Crippen LogP) is 4.24. The molecule has 2 aromatic rings. The van der Waals surface area contributed by atoms with Gasteiger partial charge in [-0.2, -0.15) is 0 Å². The van der Waals surface area contributed by atoms with Crippen LogP contribution in [0.3, 0.4) is 0 Å². The molecule has 1 aliphatic heterocycles. The van der Waals surface area contributed by atoms with Crippen molar-refractivity contribution in [2.75, 3.05) is 0 Å². The quantitative estimate of drug-likeness (QED) is 0.733. The lowest BCUT2D eigenvalue weighted by Crippen LogP contribution is -2.09. The maximum absolute atomic E-state index is 11.4. The number of aldehydes is 1. The van der Waals surface area contributed by atoms with E-state index in [9.17, 15) is 4.79 Å². The highest BCUT2D eigenvalue weighted by molar-refractivity contribution is 9.10. The number of carbonyl (C=O) groups is 1. The van der Waals surface area contributed by atoms with Gasteiger partial charge >= 0.3 is 0 Å². The molecular weight excluding hydrogens is 296 g/mol. The summed E-state index contributed by atoms with van der Waals surface area (Å²) >= 11 is 5.19. The van der Waals surface area contributed by atoms with E-state index in [0.29, 0.717) is 0 Å². The molecule has 0 saturated heterocycles. The van der Waals surface area contributed by atoms with E-state index in [1.54, 1.807) is 11.8 Å². The van der Waals surface area contributed by atoms with Crippen molar-refractivity contribution in [2.24, 2.45) is 0 Å². The van der Waals surface area contributed by atoms with Crippen LogP contribution in [0.1, 0.15) is 17.0 Å². The Balaban J connectivity index is 2.22. The molecule has 84 valence electrons. The lowest BCUT2D eigenvalue weighted by atomic mass is 9.92. The zero-order valence-corrected chi connectivity index (χ0v) is 11.3. The van der Waals surface area contributed by atoms with Crippen LogP contribution in [0, 0.1) is 0 Å². The van der Waals surface area contributed by atoms with Crippen LogP contribution in [0.5, 0.6) is 0 Å². The molecule has 0 radical (unpaired) electrons. The average molecular weight is 305 g/mol. The lowest BCUT2D eigenvalue weighted by Gasteiger charge is -2.24. The molecular formula is C14H9BrOS. The highest BCUT2D eigenvalue weighted by atomic mass is 79.9. The Labute approximate surface area is 112 Å². The van der Waals surface area contributed by atoms with E-state index in [2.05, 4.69) is 28.1 Å². The van der Waals surface area contributed by atoms with E-state index in [-0.39, 0.29) is 5.92 Å². The van der Waals surface area contributed by atoms with Gasteiger partial charge in [0, 0.05) is 14.3 Å². The Bertz CT molecular complexity index is 595. The van der Waals surface area contributed by atoms with Crippen LogP contribution in [0.25, 0.3) is 0 Å². The third-order valence-corrected chi connectivity index (χ3v) is 4.59. The van der Waals surface area contributed by atoms with E-state index in [4.69, 9.17) is 0 Å². The topological polar surface area (TPSA) is 17.1 Å². The zero-order valence-electron chi connectivity index (χ0n) is 8.89. The van der Waals surface area contributed by atoms with Gasteiger partial charge in [0.05, 0.1) is 5.92 Å². The molecule has 17 heavy (non-hydrogen) atoms. The first-order chi connectivity index (χ1) is 8.29. The fourth-order valence-corrected chi connectivity index (χ4v) is 3.63. The summed E-state index contributed by atoms with van der Waals surface area (Å²) in [5.74, 6) is -0.139. The maximum atomic E-state index is 11.4. The molecule has 1 atom stereocenters. The number of benzene rings is 2. The molecule has 3 heteroatoms. The molecule has 0 saturated carbocycles. The minimum Gasteiger partial charge on any atom is -0.302 e. The summed E-state index contributed by atoms with van der Waals surface area (Å²) in [6, 6.07) is 14.2. The summed E-state index contributed by atoms with van der Waals surface area (Å²) in [6.45, 7) is 0. The van der Waals surface area contributed by atoms with Crippen LogP contribution >= 0.6 is 27.7 Å². The van der Waals surface area contributed by atoms with Gasteiger partial charge in [-0.05, 0) is 35.4 Å². The van der Waals surface area contributed by atoms with Crippen molar-refractivity contribution in [1.29, 1.82) is 0 Å². The molecule has 0 aliphatic carbocycles. The Morgan fingerprint density at radius 1 is 1.06 bits per heavy atom. The van der Waals surface area contributed by atoms with Crippen LogP contribution in [0.15, 0.2) is 56.7 Å². The van der Waals surface area contributed by atoms with E-state index in [1.165, 1.54) is 9.79 Å². The van der Waals surface area contributed by atoms with E-state index < -0.39 is 0 Å². The summed E-state index contributed by atoms with van der Waals surface area (Å²) in [5.41, 5.74) is 2.20. The molecule has 0 spiro atoms. The van der Waals surface area contributed by atoms with Crippen molar-refractivity contribution in [3.8, 4) is 0 Å². The Hall–Kier alpha value is -1.06. The van der Waals surface area contributed by atoms with Gasteiger partial charge in [0.15, 0.2) is 0 Å².